The monoisotopic (exact) mass is 394 g/mol. The lowest BCUT2D eigenvalue weighted by molar-refractivity contribution is -0.122. The molecule has 8 heteroatoms. The van der Waals surface area contributed by atoms with Crippen LogP contribution < -0.4 is 10.6 Å². The van der Waals surface area contributed by atoms with Gasteiger partial charge in [-0.05, 0) is 50.9 Å². The van der Waals surface area contributed by atoms with Gasteiger partial charge >= 0.3 is 0 Å². The van der Waals surface area contributed by atoms with Gasteiger partial charge in [-0.1, -0.05) is 17.7 Å². The molecule has 2 aliphatic heterocycles. The third kappa shape index (κ3) is 5.51. The molecule has 1 atom stereocenters. The van der Waals surface area contributed by atoms with E-state index in [4.69, 9.17) is 0 Å². The molecule has 0 bridgehead atoms. The molecule has 0 radical (unpaired) electrons. The highest BCUT2D eigenvalue weighted by molar-refractivity contribution is 7.89. The molecule has 27 heavy (non-hydrogen) atoms. The molecule has 1 aromatic rings. The minimum atomic E-state index is -3.45. The van der Waals surface area contributed by atoms with Crippen LogP contribution in [0.1, 0.15) is 18.4 Å². The zero-order chi connectivity index (χ0) is 19.3. The number of amides is 1. The average Bonchev–Trinajstić information content (AvgIpc) is 3.16. The van der Waals surface area contributed by atoms with E-state index in [0.29, 0.717) is 50.1 Å². The number of rotatable bonds is 7. The molecule has 1 amide bonds. The van der Waals surface area contributed by atoms with Crippen LogP contribution >= 0.6 is 0 Å². The first-order valence-electron chi connectivity index (χ1n) is 9.72. The van der Waals surface area contributed by atoms with Gasteiger partial charge < -0.3 is 10.6 Å². The van der Waals surface area contributed by atoms with Crippen molar-refractivity contribution in [3.05, 3.63) is 29.8 Å². The van der Waals surface area contributed by atoms with E-state index in [1.807, 2.05) is 24.0 Å². The maximum Gasteiger partial charge on any atom is 0.243 e. The van der Waals surface area contributed by atoms with Crippen LogP contribution in [0.15, 0.2) is 29.2 Å². The van der Waals surface area contributed by atoms with Gasteiger partial charge in [0, 0.05) is 32.7 Å². The van der Waals surface area contributed by atoms with E-state index in [9.17, 15) is 13.2 Å². The van der Waals surface area contributed by atoms with Crippen molar-refractivity contribution in [2.24, 2.45) is 5.92 Å². The number of hydrogen-bond acceptors (Lipinski definition) is 5. The Balaban J connectivity index is 1.41. The van der Waals surface area contributed by atoms with E-state index in [2.05, 4.69) is 10.6 Å². The van der Waals surface area contributed by atoms with Gasteiger partial charge in [0.1, 0.15) is 0 Å². The van der Waals surface area contributed by atoms with Gasteiger partial charge in [0.2, 0.25) is 15.9 Å². The van der Waals surface area contributed by atoms with Gasteiger partial charge in [-0.25, -0.2) is 8.42 Å². The minimum Gasteiger partial charge on any atom is -0.355 e. The Morgan fingerprint density at radius 1 is 1.19 bits per heavy atom. The highest BCUT2D eigenvalue weighted by atomic mass is 32.2. The van der Waals surface area contributed by atoms with Gasteiger partial charge in [0.05, 0.1) is 11.4 Å². The lowest BCUT2D eigenvalue weighted by Gasteiger charge is -2.33. The molecule has 2 heterocycles. The Morgan fingerprint density at radius 2 is 1.89 bits per heavy atom. The Kier molecular flexibility index (Phi) is 6.86. The molecule has 2 fully saturated rings. The van der Waals surface area contributed by atoms with E-state index < -0.39 is 10.0 Å². The molecule has 0 saturated carbocycles. The molecule has 3 rings (SSSR count). The first-order chi connectivity index (χ1) is 12.9. The number of sulfonamides is 1. The van der Waals surface area contributed by atoms with Crippen LogP contribution in [0, 0.1) is 12.8 Å². The van der Waals surface area contributed by atoms with Crippen LogP contribution in [0.3, 0.4) is 0 Å². The van der Waals surface area contributed by atoms with Gasteiger partial charge in [0.15, 0.2) is 0 Å². The van der Waals surface area contributed by atoms with Crippen LogP contribution in [0.2, 0.25) is 0 Å². The summed E-state index contributed by atoms with van der Waals surface area (Å²) < 4.78 is 26.9. The maximum absolute atomic E-state index is 12.7. The summed E-state index contributed by atoms with van der Waals surface area (Å²) in [7, 11) is -3.45. The summed E-state index contributed by atoms with van der Waals surface area (Å²) in [5.41, 5.74) is 1.04. The van der Waals surface area contributed by atoms with Crippen molar-refractivity contribution in [1.29, 1.82) is 0 Å². The number of piperazine rings is 1. The minimum absolute atomic E-state index is 0.0239. The van der Waals surface area contributed by atoms with Gasteiger partial charge in [-0.15, -0.1) is 0 Å². The lowest BCUT2D eigenvalue weighted by Crippen LogP contribution is -2.51. The summed E-state index contributed by atoms with van der Waals surface area (Å²) in [6, 6.07) is 6.94. The highest BCUT2D eigenvalue weighted by Crippen LogP contribution is 2.18. The number of carbonyl (C=O) groups excluding carboxylic acids is 1. The highest BCUT2D eigenvalue weighted by Gasteiger charge is 2.29. The normalized spacial score (nSPS) is 22.0. The predicted octanol–water partition coefficient (Wildman–Crippen LogP) is 0.417. The fourth-order valence-electron chi connectivity index (χ4n) is 3.62. The first kappa shape index (κ1) is 20.3. The molecular weight excluding hydrogens is 364 g/mol. The van der Waals surface area contributed by atoms with E-state index in [-0.39, 0.29) is 5.91 Å². The largest absolute Gasteiger partial charge is 0.355 e. The number of nitrogens with zero attached hydrogens (tertiary/aromatic N) is 2. The Bertz CT molecular complexity index is 722. The van der Waals surface area contributed by atoms with Crippen LogP contribution in [0.25, 0.3) is 0 Å². The van der Waals surface area contributed by atoms with E-state index in [0.717, 1.165) is 25.1 Å². The molecule has 0 spiro atoms. The van der Waals surface area contributed by atoms with Crippen molar-refractivity contribution in [2.75, 3.05) is 52.4 Å². The van der Waals surface area contributed by atoms with Crippen LogP contribution in [0.5, 0.6) is 0 Å². The topological polar surface area (TPSA) is 81.8 Å². The van der Waals surface area contributed by atoms with Crippen LogP contribution in [-0.2, 0) is 14.8 Å². The second-order valence-electron chi connectivity index (χ2n) is 7.49. The molecule has 2 aliphatic rings. The summed E-state index contributed by atoms with van der Waals surface area (Å²) in [5.74, 6) is 0.691. The van der Waals surface area contributed by atoms with Crippen LogP contribution in [-0.4, -0.2) is 75.9 Å². The summed E-state index contributed by atoms with van der Waals surface area (Å²) in [6.07, 6.45) is 2.20. The standard InChI is InChI=1S/C19H30N4O3S/c1-16-2-4-18(5-3-16)27(25,26)23-12-10-22(11-13-23)15-19(24)21-9-7-17-6-8-20-14-17/h2-5,17,20H,6-15H2,1H3,(H,21,24). The van der Waals surface area contributed by atoms with Crippen molar-refractivity contribution >= 4 is 15.9 Å². The average molecular weight is 395 g/mol. The predicted molar refractivity (Wildman–Crippen MR) is 105 cm³/mol. The van der Waals surface area contributed by atoms with Crippen LogP contribution in [0.4, 0.5) is 0 Å². The van der Waals surface area contributed by atoms with Crippen molar-refractivity contribution in [2.45, 2.75) is 24.7 Å². The van der Waals surface area contributed by atoms with E-state index >= 15 is 0 Å². The molecule has 150 valence electrons. The van der Waals surface area contributed by atoms with Gasteiger partial charge in [0.25, 0.3) is 0 Å². The Morgan fingerprint density at radius 3 is 2.52 bits per heavy atom. The third-order valence-corrected chi connectivity index (χ3v) is 7.31. The van der Waals surface area contributed by atoms with Gasteiger partial charge in [-0.2, -0.15) is 4.31 Å². The quantitative estimate of drug-likeness (QED) is 0.700. The Labute approximate surface area is 162 Å². The number of hydrogen-bond donors (Lipinski definition) is 2. The van der Waals surface area contributed by atoms with E-state index in [1.165, 1.54) is 10.7 Å². The second kappa shape index (κ2) is 9.14. The summed E-state index contributed by atoms with van der Waals surface area (Å²) in [4.78, 5) is 14.5. The summed E-state index contributed by atoms with van der Waals surface area (Å²) in [6.45, 7) is 7.09. The first-order valence-corrected chi connectivity index (χ1v) is 11.2. The summed E-state index contributed by atoms with van der Waals surface area (Å²) >= 11 is 0. The zero-order valence-corrected chi connectivity index (χ0v) is 16.8. The molecule has 0 aromatic heterocycles. The lowest BCUT2D eigenvalue weighted by atomic mass is 10.1. The molecular formula is C19H30N4O3S. The van der Waals surface area contributed by atoms with Gasteiger partial charge in [-0.3, -0.25) is 9.69 Å². The fraction of sp³-hybridized carbons (Fsp3) is 0.632. The number of benzene rings is 1. The molecule has 1 aromatic carbocycles. The summed E-state index contributed by atoms with van der Waals surface area (Å²) in [5, 5.41) is 6.32. The molecule has 7 nitrogen and oxygen atoms in total. The molecule has 1 unspecified atom stereocenters. The maximum atomic E-state index is 12.7. The molecule has 2 N–H and O–H groups in total. The van der Waals surface area contributed by atoms with Crippen molar-refractivity contribution in [1.82, 2.24) is 19.8 Å². The third-order valence-electron chi connectivity index (χ3n) is 5.39. The SMILES string of the molecule is Cc1ccc(S(=O)(=O)N2CCN(CC(=O)NCCC3CCNC3)CC2)cc1. The fourth-order valence-corrected chi connectivity index (χ4v) is 5.05. The number of carbonyl (C=O) groups is 1. The number of nitrogens with one attached hydrogen (secondary N) is 2. The number of aryl methyl sites for hydroxylation is 1. The van der Waals surface area contributed by atoms with Crippen molar-refractivity contribution in [3.63, 3.8) is 0 Å². The second-order valence-corrected chi connectivity index (χ2v) is 9.43. The molecule has 2 saturated heterocycles. The van der Waals surface area contributed by atoms with Crippen molar-refractivity contribution in [3.8, 4) is 0 Å². The zero-order valence-electron chi connectivity index (χ0n) is 16.0. The van der Waals surface area contributed by atoms with Crippen molar-refractivity contribution < 1.29 is 13.2 Å². The molecule has 0 aliphatic carbocycles. The smallest absolute Gasteiger partial charge is 0.243 e. The Hall–Kier alpha value is -1.48. The van der Waals surface area contributed by atoms with E-state index in [1.54, 1.807) is 12.1 Å².